The Morgan fingerprint density at radius 1 is 1.00 bits per heavy atom. The molecule has 2 aliphatic rings. The number of hydrogen-bond acceptors (Lipinski definition) is 5. The Kier molecular flexibility index (Phi) is 8.24. The van der Waals surface area contributed by atoms with Gasteiger partial charge in [-0.3, -0.25) is 14.5 Å². The molecule has 0 bridgehead atoms. The Balaban J connectivity index is 1.29. The Morgan fingerprint density at radius 3 is 2.39 bits per heavy atom. The molecule has 1 N–H and O–H groups in total. The van der Waals surface area contributed by atoms with E-state index in [0.29, 0.717) is 16.6 Å². The lowest BCUT2D eigenvalue weighted by Gasteiger charge is -2.35. The molecule has 2 atom stereocenters. The Bertz CT molecular complexity index is 1320. The molecule has 3 aromatic rings. The molecule has 1 heterocycles. The van der Waals surface area contributed by atoms with Gasteiger partial charge in [-0.1, -0.05) is 68.3 Å². The van der Waals surface area contributed by atoms with E-state index in [0.717, 1.165) is 41.4 Å². The molecule has 1 saturated heterocycles. The second-order valence-corrected chi connectivity index (χ2v) is 10.6. The fraction of sp³-hybridized carbons (Fsp3) is 0.258. The van der Waals surface area contributed by atoms with Crippen molar-refractivity contribution in [2.75, 3.05) is 11.9 Å². The predicted octanol–water partition coefficient (Wildman–Crippen LogP) is 6.89. The van der Waals surface area contributed by atoms with Gasteiger partial charge in [0.15, 0.2) is 11.8 Å². The normalized spacial score (nSPS) is 21.6. The first-order chi connectivity index (χ1) is 18.6. The van der Waals surface area contributed by atoms with E-state index < -0.39 is 0 Å². The molecule has 0 spiro atoms. The lowest BCUT2D eigenvalue weighted by molar-refractivity contribution is -0.125. The van der Waals surface area contributed by atoms with Gasteiger partial charge in [0.2, 0.25) is 0 Å². The Hall–Kier alpha value is -3.84. The molecule has 3 aromatic carbocycles. The summed E-state index contributed by atoms with van der Waals surface area (Å²) in [6.07, 6.45) is 6.38. The molecule has 1 aliphatic carbocycles. The summed E-state index contributed by atoms with van der Waals surface area (Å²) in [6, 6.07) is 26.7. The van der Waals surface area contributed by atoms with Crippen LogP contribution in [0.2, 0.25) is 0 Å². The molecular formula is C31H31N3O3S. The number of hydrogen-bond donors (Lipinski definition) is 1. The van der Waals surface area contributed by atoms with Crippen molar-refractivity contribution >= 4 is 46.2 Å². The van der Waals surface area contributed by atoms with Gasteiger partial charge in [0.1, 0.15) is 5.75 Å². The molecule has 5 rings (SSSR count). The number of anilines is 1. The highest BCUT2D eigenvalue weighted by atomic mass is 32.2. The molecule has 194 valence electrons. The van der Waals surface area contributed by atoms with Crippen LogP contribution in [0.4, 0.5) is 11.4 Å². The Morgan fingerprint density at radius 2 is 1.68 bits per heavy atom. The summed E-state index contributed by atoms with van der Waals surface area (Å²) < 4.78 is 5.65. The van der Waals surface area contributed by atoms with Gasteiger partial charge in [-0.05, 0) is 78.6 Å². The van der Waals surface area contributed by atoms with Crippen LogP contribution in [-0.2, 0) is 9.59 Å². The van der Waals surface area contributed by atoms with Crippen LogP contribution in [0, 0.1) is 5.92 Å². The van der Waals surface area contributed by atoms with Crippen LogP contribution in [0.15, 0.2) is 94.8 Å². The van der Waals surface area contributed by atoms with Gasteiger partial charge in [0, 0.05) is 11.7 Å². The SMILES string of the molecule is C[C@H]1CCCC[C@@H]1N1C(=O)/C(=C/c2ccc(OCC(=O)Nc3ccccc3)cc2)SC1=Nc1ccccc1. The van der Waals surface area contributed by atoms with Crippen LogP contribution in [0.25, 0.3) is 6.08 Å². The zero-order valence-corrected chi connectivity index (χ0v) is 22.2. The zero-order valence-electron chi connectivity index (χ0n) is 21.4. The fourth-order valence-corrected chi connectivity index (χ4v) is 5.87. The molecule has 0 radical (unpaired) electrons. The number of nitrogens with zero attached hydrogens (tertiary/aromatic N) is 2. The molecular weight excluding hydrogens is 494 g/mol. The maximum absolute atomic E-state index is 13.6. The van der Waals surface area contributed by atoms with E-state index in [9.17, 15) is 9.59 Å². The average Bonchev–Trinajstić information content (AvgIpc) is 3.23. The van der Waals surface area contributed by atoms with Crippen LogP contribution in [0.1, 0.15) is 38.2 Å². The number of ether oxygens (including phenoxy) is 1. The Labute approximate surface area is 227 Å². The van der Waals surface area contributed by atoms with Crippen molar-refractivity contribution in [2.45, 2.75) is 38.6 Å². The van der Waals surface area contributed by atoms with Gasteiger partial charge >= 0.3 is 0 Å². The number of amides is 2. The molecule has 2 fully saturated rings. The lowest BCUT2D eigenvalue weighted by Crippen LogP contribution is -2.44. The first kappa shape index (κ1) is 25.8. The minimum atomic E-state index is -0.224. The third-order valence-electron chi connectivity index (χ3n) is 6.82. The number of aliphatic imine (C=N–C) groups is 1. The number of amidine groups is 1. The number of carbonyl (C=O) groups is 2. The largest absolute Gasteiger partial charge is 0.484 e. The first-order valence-corrected chi connectivity index (χ1v) is 13.8. The van der Waals surface area contributed by atoms with Crippen molar-refractivity contribution < 1.29 is 14.3 Å². The van der Waals surface area contributed by atoms with E-state index in [2.05, 4.69) is 12.2 Å². The van der Waals surface area contributed by atoms with Crippen molar-refractivity contribution in [3.8, 4) is 5.75 Å². The minimum absolute atomic E-state index is 0.0151. The third kappa shape index (κ3) is 6.34. The van der Waals surface area contributed by atoms with Gasteiger partial charge in [-0.25, -0.2) is 4.99 Å². The molecule has 6 nitrogen and oxygen atoms in total. The molecule has 0 aromatic heterocycles. The van der Waals surface area contributed by atoms with Crippen molar-refractivity contribution in [3.05, 3.63) is 95.4 Å². The van der Waals surface area contributed by atoms with Gasteiger partial charge in [0.25, 0.3) is 11.8 Å². The predicted molar refractivity (Wildman–Crippen MR) is 154 cm³/mol. The summed E-state index contributed by atoms with van der Waals surface area (Å²) in [7, 11) is 0. The number of carbonyl (C=O) groups excluding carboxylic acids is 2. The van der Waals surface area contributed by atoms with E-state index in [1.807, 2.05) is 95.9 Å². The number of benzene rings is 3. The number of rotatable bonds is 7. The highest BCUT2D eigenvalue weighted by Crippen LogP contribution is 2.40. The molecule has 1 aliphatic heterocycles. The smallest absolute Gasteiger partial charge is 0.267 e. The maximum Gasteiger partial charge on any atom is 0.267 e. The van der Waals surface area contributed by atoms with Crippen LogP contribution >= 0.6 is 11.8 Å². The molecule has 38 heavy (non-hydrogen) atoms. The molecule has 7 heteroatoms. The summed E-state index contributed by atoms with van der Waals surface area (Å²) in [6.45, 7) is 2.15. The van der Waals surface area contributed by atoms with E-state index in [1.165, 1.54) is 18.2 Å². The quantitative estimate of drug-likeness (QED) is 0.341. The van der Waals surface area contributed by atoms with Crippen molar-refractivity contribution in [1.82, 2.24) is 4.90 Å². The van der Waals surface area contributed by atoms with E-state index in [1.54, 1.807) is 0 Å². The fourth-order valence-electron chi connectivity index (χ4n) is 4.83. The van der Waals surface area contributed by atoms with Crippen LogP contribution in [0.3, 0.4) is 0 Å². The summed E-state index contributed by atoms with van der Waals surface area (Å²) in [4.78, 5) is 33.2. The zero-order chi connectivity index (χ0) is 26.3. The summed E-state index contributed by atoms with van der Waals surface area (Å²) in [5, 5.41) is 3.55. The monoisotopic (exact) mass is 525 g/mol. The van der Waals surface area contributed by atoms with Crippen LogP contribution in [-0.4, -0.2) is 34.5 Å². The van der Waals surface area contributed by atoms with Crippen molar-refractivity contribution in [3.63, 3.8) is 0 Å². The van der Waals surface area contributed by atoms with E-state index >= 15 is 0 Å². The second kappa shape index (κ2) is 12.1. The highest BCUT2D eigenvalue weighted by molar-refractivity contribution is 8.18. The topological polar surface area (TPSA) is 71.0 Å². The van der Waals surface area contributed by atoms with Gasteiger partial charge in [0.05, 0.1) is 10.6 Å². The molecule has 0 unspecified atom stereocenters. The average molecular weight is 526 g/mol. The number of nitrogens with one attached hydrogen (secondary N) is 1. The van der Waals surface area contributed by atoms with Gasteiger partial charge < -0.3 is 10.1 Å². The second-order valence-electron chi connectivity index (χ2n) is 9.62. The lowest BCUT2D eigenvalue weighted by atomic mass is 9.85. The highest BCUT2D eigenvalue weighted by Gasteiger charge is 2.41. The minimum Gasteiger partial charge on any atom is -0.484 e. The van der Waals surface area contributed by atoms with Gasteiger partial charge in [-0.2, -0.15) is 0 Å². The molecule has 2 amide bonds. The first-order valence-electron chi connectivity index (χ1n) is 13.0. The van der Waals surface area contributed by atoms with Crippen molar-refractivity contribution in [1.29, 1.82) is 0 Å². The summed E-state index contributed by atoms with van der Waals surface area (Å²) >= 11 is 1.43. The van der Waals surface area contributed by atoms with Crippen LogP contribution < -0.4 is 10.1 Å². The third-order valence-corrected chi connectivity index (χ3v) is 7.80. The van der Waals surface area contributed by atoms with E-state index in [-0.39, 0.29) is 24.5 Å². The number of para-hydroxylation sites is 2. The van der Waals surface area contributed by atoms with Crippen molar-refractivity contribution in [2.24, 2.45) is 10.9 Å². The number of thioether (sulfide) groups is 1. The summed E-state index contributed by atoms with van der Waals surface area (Å²) in [5.74, 6) is 0.813. The van der Waals surface area contributed by atoms with E-state index in [4.69, 9.17) is 9.73 Å². The van der Waals surface area contributed by atoms with Gasteiger partial charge in [-0.15, -0.1) is 0 Å². The summed E-state index contributed by atoms with van der Waals surface area (Å²) in [5.41, 5.74) is 2.46. The standard InChI is InChI=1S/C31H31N3O3S/c1-22-10-8-9-15-27(22)34-30(36)28(38-31(34)33-25-13-6-3-7-14-25)20-23-16-18-26(19-17-23)37-21-29(35)32-24-11-4-2-5-12-24/h2-7,11-14,16-20,22,27H,8-10,15,21H2,1H3,(H,32,35)/b28-20-,33-31?/t22-,27-/m0/s1. The maximum atomic E-state index is 13.6. The molecule has 1 saturated carbocycles. The van der Waals surface area contributed by atoms with Crippen LogP contribution in [0.5, 0.6) is 5.75 Å².